The number of carbonyl (C=O) groups is 1. The van der Waals surface area contributed by atoms with Gasteiger partial charge in [0.25, 0.3) is 0 Å². The van der Waals surface area contributed by atoms with Crippen LogP contribution in [0.4, 0.5) is 11.4 Å². The lowest BCUT2D eigenvalue weighted by molar-refractivity contribution is -0.126. The molecule has 3 atom stereocenters. The number of hydrogen-bond acceptors (Lipinski definition) is 4. The van der Waals surface area contributed by atoms with E-state index in [4.69, 9.17) is 9.73 Å². The topological polar surface area (TPSA) is 41.9 Å². The summed E-state index contributed by atoms with van der Waals surface area (Å²) in [5, 5.41) is 0. The molecular weight excluding hydrogens is 300 g/mol. The molecule has 1 saturated carbocycles. The van der Waals surface area contributed by atoms with E-state index in [0.29, 0.717) is 12.2 Å². The van der Waals surface area contributed by atoms with Gasteiger partial charge in [-0.2, -0.15) is 0 Å². The molecule has 24 heavy (non-hydrogen) atoms. The Morgan fingerprint density at radius 3 is 2.67 bits per heavy atom. The van der Waals surface area contributed by atoms with Gasteiger partial charge in [0.05, 0.1) is 5.71 Å². The first-order valence-corrected chi connectivity index (χ1v) is 9.03. The number of hydrogen-bond donors (Lipinski definition) is 0. The van der Waals surface area contributed by atoms with Crippen LogP contribution in [0.3, 0.4) is 0 Å². The van der Waals surface area contributed by atoms with Crippen LogP contribution in [0, 0.1) is 11.8 Å². The van der Waals surface area contributed by atoms with Crippen molar-refractivity contribution in [2.45, 2.75) is 39.2 Å². The van der Waals surface area contributed by atoms with Crippen molar-refractivity contribution in [2.24, 2.45) is 16.8 Å². The Bertz CT molecular complexity index is 718. The van der Waals surface area contributed by atoms with Crippen LogP contribution in [-0.4, -0.2) is 30.7 Å². The molecule has 0 radical (unpaired) electrons. The molecule has 1 heterocycles. The van der Waals surface area contributed by atoms with E-state index in [9.17, 15) is 4.79 Å². The number of fused-ring (bicyclic) bond motifs is 4. The molecule has 0 aromatic heterocycles. The molecule has 3 unspecified atom stereocenters. The number of allylic oxidation sites excluding steroid dienone is 2. The second-order valence-electron chi connectivity index (χ2n) is 6.79. The minimum absolute atomic E-state index is 0.102. The number of rotatable bonds is 3. The SMILES string of the molecule is CCN(CC)c1ccc2c(c1)OC1CC(=O)C3CC=CCC3C1=N2. The second-order valence-corrected chi connectivity index (χ2v) is 6.79. The molecule has 0 saturated heterocycles. The Labute approximate surface area is 143 Å². The Balaban J connectivity index is 1.70. The van der Waals surface area contributed by atoms with E-state index in [2.05, 4.69) is 49.1 Å². The molecule has 3 aliphatic rings. The highest BCUT2D eigenvalue weighted by molar-refractivity contribution is 6.05. The van der Waals surface area contributed by atoms with Gasteiger partial charge in [-0.25, -0.2) is 4.99 Å². The highest BCUT2D eigenvalue weighted by Crippen LogP contribution is 2.43. The van der Waals surface area contributed by atoms with Gasteiger partial charge in [0.1, 0.15) is 23.3 Å². The molecule has 126 valence electrons. The van der Waals surface area contributed by atoms with Crippen LogP contribution in [0.2, 0.25) is 0 Å². The van der Waals surface area contributed by atoms with Crippen LogP contribution in [0.25, 0.3) is 0 Å². The fourth-order valence-electron chi connectivity index (χ4n) is 4.20. The van der Waals surface area contributed by atoms with Gasteiger partial charge in [0.15, 0.2) is 0 Å². The molecule has 1 aromatic carbocycles. The summed E-state index contributed by atoms with van der Waals surface area (Å²) in [6.45, 7) is 6.22. The van der Waals surface area contributed by atoms with Crippen molar-refractivity contribution >= 4 is 22.9 Å². The molecule has 1 aromatic rings. The summed E-state index contributed by atoms with van der Waals surface area (Å²) in [6, 6.07) is 6.24. The lowest BCUT2D eigenvalue weighted by Crippen LogP contribution is -2.48. The molecule has 4 rings (SSSR count). The standard InChI is InChI=1S/C20H24N2O2/c1-3-22(4-2)13-9-10-16-18(11-13)24-19-12-17(23)14-7-5-6-8-15(14)20(19)21-16/h5-6,9-11,14-15,19H,3-4,7-8,12H2,1-2H3. The van der Waals surface area contributed by atoms with E-state index in [0.717, 1.165) is 48.8 Å². The zero-order valence-electron chi connectivity index (χ0n) is 14.4. The quantitative estimate of drug-likeness (QED) is 0.791. The van der Waals surface area contributed by atoms with E-state index < -0.39 is 0 Å². The number of carbonyl (C=O) groups excluding carboxylic acids is 1. The molecule has 0 N–H and O–H groups in total. The van der Waals surface area contributed by atoms with Crippen LogP contribution in [-0.2, 0) is 4.79 Å². The maximum Gasteiger partial charge on any atom is 0.147 e. The van der Waals surface area contributed by atoms with Crippen LogP contribution in [0.1, 0.15) is 33.1 Å². The minimum atomic E-state index is -0.176. The highest BCUT2D eigenvalue weighted by atomic mass is 16.5. The van der Waals surface area contributed by atoms with Crippen molar-refractivity contribution in [3.63, 3.8) is 0 Å². The number of Topliss-reactive ketones (excluding diaryl/α,β-unsaturated/α-hetero) is 1. The van der Waals surface area contributed by atoms with E-state index in [1.54, 1.807) is 0 Å². The average molecular weight is 324 g/mol. The van der Waals surface area contributed by atoms with Crippen molar-refractivity contribution in [1.82, 2.24) is 0 Å². The van der Waals surface area contributed by atoms with Gasteiger partial charge in [-0.3, -0.25) is 4.79 Å². The Hall–Kier alpha value is -2.10. The number of ketones is 1. The Morgan fingerprint density at radius 1 is 1.17 bits per heavy atom. The lowest BCUT2D eigenvalue weighted by atomic mass is 9.70. The molecular formula is C20H24N2O2. The van der Waals surface area contributed by atoms with Crippen LogP contribution in [0.5, 0.6) is 5.75 Å². The first kappa shape index (κ1) is 15.4. The smallest absolute Gasteiger partial charge is 0.147 e. The molecule has 0 spiro atoms. The third-order valence-electron chi connectivity index (χ3n) is 5.53. The van der Waals surface area contributed by atoms with Crippen molar-refractivity contribution in [2.75, 3.05) is 18.0 Å². The average Bonchev–Trinajstić information content (AvgIpc) is 2.62. The molecule has 0 amide bonds. The molecule has 0 bridgehead atoms. The van der Waals surface area contributed by atoms with E-state index in [1.165, 1.54) is 0 Å². The van der Waals surface area contributed by atoms with Gasteiger partial charge < -0.3 is 9.64 Å². The van der Waals surface area contributed by atoms with Crippen LogP contribution in [0.15, 0.2) is 35.3 Å². The normalized spacial score (nSPS) is 27.5. The summed E-state index contributed by atoms with van der Waals surface area (Å²) in [5.41, 5.74) is 3.13. The summed E-state index contributed by atoms with van der Waals surface area (Å²) in [7, 11) is 0. The zero-order chi connectivity index (χ0) is 16.7. The number of aliphatic imine (C=N–C) groups is 1. The lowest BCUT2D eigenvalue weighted by Gasteiger charge is -2.39. The van der Waals surface area contributed by atoms with Gasteiger partial charge >= 0.3 is 0 Å². The Kier molecular flexibility index (Phi) is 3.91. The summed E-state index contributed by atoms with van der Waals surface area (Å²) in [4.78, 5) is 19.7. The maximum atomic E-state index is 12.5. The van der Waals surface area contributed by atoms with Crippen LogP contribution >= 0.6 is 0 Å². The van der Waals surface area contributed by atoms with Gasteiger partial charge in [0, 0.05) is 43.1 Å². The van der Waals surface area contributed by atoms with E-state index >= 15 is 0 Å². The maximum absolute atomic E-state index is 12.5. The van der Waals surface area contributed by atoms with E-state index in [-0.39, 0.29) is 17.9 Å². The first-order valence-electron chi connectivity index (χ1n) is 9.03. The number of ether oxygens (including phenoxy) is 1. The largest absolute Gasteiger partial charge is 0.482 e. The monoisotopic (exact) mass is 324 g/mol. The number of nitrogens with zero attached hydrogens (tertiary/aromatic N) is 2. The van der Waals surface area contributed by atoms with Crippen molar-refractivity contribution in [1.29, 1.82) is 0 Å². The minimum Gasteiger partial charge on any atom is -0.482 e. The van der Waals surface area contributed by atoms with Crippen molar-refractivity contribution in [3.05, 3.63) is 30.4 Å². The summed E-state index contributed by atoms with van der Waals surface area (Å²) < 4.78 is 6.23. The van der Waals surface area contributed by atoms with Crippen molar-refractivity contribution < 1.29 is 9.53 Å². The molecule has 4 nitrogen and oxygen atoms in total. The molecule has 4 heteroatoms. The highest BCUT2D eigenvalue weighted by Gasteiger charge is 2.44. The summed E-state index contributed by atoms with van der Waals surface area (Å²) >= 11 is 0. The van der Waals surface area contributed by atoms with Gasteiger partial charge in [-0.05, 0) is 38.8 Å². The van der Waals surface area contributed by atoms with Gasteiger partial charge in [0.2, 0.25) is 0 Å². The Morgan fingerprint density at radius 2 is 1.92 bits per heavy atom. The summed E-state index contributed by atoms with van der Waals surface area (Å²) in [6.07, 6.45) is 6.35. The van der Waals surface area contributed by atoms with Gasteiger partial charge in [-0.15, -0.1) is 0 Å². The number of benzene rings is 1. The zero-order valence-corrected chi connectivity index (χ0v) is 14.4. The van der Waals surface area contributed by atoms with Gasteiger partial charge in [-0.1, -0.05) is 12.2 Å². The molecule has 1 fully saturated rings. The third-order valence-corrected chi connectivity index (χ3v) is 5.53. The van der Waals surface area contributed by atoms with Crippen molar-refractivity contribution in [3.8, 4) is 5.75 Å². The number of anilines is 1. The predicted octanol–water partition coefficient (Wildman–Crippen LogP) is 3.92. The molecule has 1 aliphatic heterocycles. The fourth-order valence-corrected chi connectivity index (χ4v) is 4.20. The van der Waals surface area contributed by atoms with E-state index in [1.807, 2.05) is 0 Å². The fraction of sp³-hybridized carbons (Fsp3) is 0.500. The third kappa shape index (κ3) is 2.45. The van der Waals surface area contributed by atoms with Crippen LogP contribution < -0.4 is 9.64 Å². The summed E-state index contributed by atoms with van der Waals surface area (Å²) in [5.74, 6) is 1.46. The molecule has 2 aliphatic carbocycles. The first-order chi connectivity index (χ1) is 11.7. The predicted molar refractivity (Wildman–Crippen MR) is 96.5 cm³/mol. The second kappa shape index (κ2) is 6.08.